The van der Waals surface area contributed by atoms with Crippen LogP contribution in [0, 0.1) is 6.92 Å². The minimum absolute atomic E-state index is 0.260. The SMILES string of the molecule is Cc1cc(NS(=O)(=O)C2(C)CC2)no1. The third-order valence-corrected chi connectivity index (χ3v) is 4.65. The first-order valence-corrected chi connectivity index (χ1v) is 5.87. The van der Waals surface area contributed by atoms with Crippen molar-refractivity contribution in [1.82, 2.24) is 5.16 Å². The van der Waals surface area contributed by atoms with E-state index in [9.17, 15) is 8.42 Å². The van der Waals surface area contributed by atoms with E-state index in [4.69, 9.17) is 4.52 Å². The largest absolute Gasteiger partial charge is 0.360 e. The van der Waals surface area contributed by atoms with Crippen LogP contribution < -0.4 is 4.72 Å². The molecule has 0 spiro atoms. The fourth-order valence-corrected chi connectivity index (χ4v) is 2.38. The Balaban J connectivity index is 2.19. The van der Waals surface area contributed by atoms with Crippen molar-refractivity contribution in [2.75, 3.05) is 4.72 Å². The normalized spacial score (nSPS) is 19.3. The second-order valence-corrected chi connectivity index (χ2v) is 6.07. The maximum Gasteiger partial charge on any atom is 0.239 e. The molecule has 0 amide bonds. The third kappa shape index (κ3) is 1.50. The monoisotopic (exact) mass is 216 g/mol. The van der Waals surface area contributed by atoms with Crippen molar-refractivity contribution >= 4 is 15.8 Å². The van der Waals surface area contributed by atoms with Crippen molar-refractivity contribution in [1.29, 1.82) is 0 Å². The van der Waals surface area contributed by atoms with Gasteiger partial charge in [0.05, 0.1) is 4.75 Å². The molecule has 0 atom stereocenters. The van der Waals surface area contributed by atoms with E-state index in [1.165, 1.54) is 0 Å². The van der Waals surface area contributed by atoms with Crippen LogP contribution in [-0.4, -0.2) is 18.3 Å². The summed E-state index contributed by atoms with van der Waals surface area (Å²) in [4.78, 5) is 0. The van der Waals surface area contributed by atoms with Crippen molar-refractivity contribution in [2.24, 2.45) is 0 Å². The van der Waals surface area contributed by atoms with Gasteiger partial charge in [-0.25, -0.2) is 8.42 Å². The second kappa shape index (κ2) is 2.73. The van der Waals surface area contributed by atoms with Gasteiger partial charge in [-0.2, -0.15) is 0 Å². The number of nitrogens with one attached hydrogen (secondary N) is 1. The Bertz CT molecular complexity index is 445. The molecule has 0 unspecified atom stereocenters. The van der Waals surface area contributed by atoms with Gasteiger partial charge in [0.15, 0.2) is 5.82 Å². The van der Waals surface area contributed by atoms with Crippen LogP contribution in [0.25, 0.3) is 0 Å². The number of aromatic nitrogens is 1. The first kappa shape index (κ1) is 9.51. The zero-order valence-corrected chi connectivity index (χ0v) is 8.89. The molecule has 1 aliphatic carbocycles. The zero-order chi connectivity index (χ0) is 10.4. The van der Waals surface area contributed by atoms with E-state index in [0.717, 1.165) is 0 Å². The highest BCUT2D eigenvalue weighted by Crippen LogP contribution is 2.43. The number of rotatable bonds is 3. The third-order valence-electron chi connectivity index (χ3n) is 2.47. The molecule has 78 valence electrons. The summed E-state index contributed by atoms with van der Waals surface area (Å²) in [5.41, 5.74) is 0. The van der Waals surface area contributed by atoms with E-state index in [2.05, 4.69) is 9.88 Å². The summed E-state index contributed by atoms with van der Waals surface area (Å²) in [5, 5.41) is 3.58. The number of hydrogen-bond acceptors (Lipinski definition) is 4. The van der Waals surface area contributed by atoms with Crippen LogP contribution in [0.15, 0.2) is 10.6 Å². The van der Waals surface area contributed by atoms with Crippen molar-refractivity contribution < 1.29 is 12.9 Å². The topological polar surface area (TPSA) is 72.2 Å². The fraction of sp³-hybridized carbons (Fsp3) is 0.625. The maximum atomic E-state index is 11.7. The average molecular weight is 216 g/mol. The molecule has 1 N–H and O–H groups in total. The highest BCUT2D eigenvalue weighted by molar-refractivity contribution is 7.94. The molecule has 14 heavy (non-hydrogen) atoms. The summed E-state index contributed by atoms with van der Waals surface area (Å²) < 4.78 is 30.0. The Morgan fingerprint density at radius 3 is 2.64 bits per heavy atom. The van der Waals surface area contributed by atoms with E-state index in [1.54, 1.807) is 19.9 Å². The lowest BCUT2D eigenvalue weighted by molar-refractivity contribution is 0.400. The van der Waals surface area contributed by atoms with Gasteiger partial charge in [-0.05, 0) is 26.7 Å². The van der Waals surface area contributed by atoms with E-state index < -0.39 is 14.8 Å². The quantitative estimate of drug-likeness (QED) is 0.826. The Labute approximate surface area is 82.5 Å². The molecule has 0 radical (unpaired) electrons. The molecular weight excluding hydrogens is 204 g/mol. The maximum absolute atomic E-state index is 11.7. The molecular formula is C8H12N2O3S. The van der Waals surface area contributed by atoms with Crippen LogP contribution in [0.2, 0.25) is 0 Å². The summed E-state index contributed by atoms with van der Waals surface area (Å²) >= 11 is 0. The molecule has 1 saturated carbocycles. The molecule has 2 rings (SSSR count). The van der Waals surface area contributed by atoms with Gasteiger partial charge < -0.3 is 4.52 Å². The van der Waals surface area contributed by atoms with Crippen LogP contribution in [0.5, 0.6) is 0 Å². The van der Waals surface area contributed by atoms with Gasteiger partial charge in [-0.3, -0.25) is 4.72 Å². The van der Waals surface area contributed by atoms with Gasteiger partial charge in [0, 0.05) is 6.07 Å². The minimum Gasteiger partial charge on any atom is -0.360 e. The minimum atomic E-state index is -3.30. The van der Waals surface area contributed by atoms with E-state index in [1.807, 2.05) is 0 Å². The van der Waals surface area contributed by atoms with E-state index in [-0.39, 0.29) is 5.82 Å². The molecule has 1 fully saturated rings. The van der Waals surface area contributed by atoms with Crippen molar-refractivity contribution in [2.45, 2.75) is 31.4 Å². The van der Waals surface area contributed by atoms with Crippen LogP contribution in [0.1, 0.15) is 25.5 Å². The predicted octanol–water partition coefficient (Wildman–Crippen LogP) is 1.28. The molecule has 6 heteroatoms. The van der Waals surface area contributed by atoms with E-state index in [0.29, 0.717) is 18.6 Å². The fourth-order valence-electron chi connectivity index (χ4n) is 1.12. The predicted molar refractivity (Wildman–Crippen MR) is 51.4 cm³/mol. The van der Waals surface area contributed by atoms with Gasteiger partial charge >= 0.3 is 0 Å². The Hall–Kier alpha value is -1.04. The molecule has 1 aliphatic rings. The number of sulfonamides is 1. The first-order chi connectivity index (χ1) is 6.43. The van der Waals surface area contributed by atoms with Gasteiger partial charge in [-0.15, -0.1) is 0 Å². The lowest BCUT2D eigenvalue weighted by Crippen LogP contribution is -2.26. The molecule has 0 aromatic carbocycles. The average Bonchev–Trinajstić information content (AvgIpc) is 2.70. The Morgan fingerprint density at radius 2 is 2.21 bits per heavy atom. The van der Waals surface area contributed by atoms with Crippen LogP contribution in [0.4, 0.5) is 5.82 Å². The number of hydrogen-bond donors (Lipinski definition) is 1. The van der Waals surface area contributed by atoms with Crippen molar-refractivity contribution in [3.63, 3.8) is 0 Å². The molecule has 1 heterocycles. The first-order valence-electron chi connectivity index (χ1n) is 4.39. The number of aryl methyl sites for hydroxylation is 1. The smallest absolute Gasteiger partial charge is 0.239 e. The molecule has 1 aromatic heterocycles. The van der Waals surface area contributed by atoms with Crippen LogP contribution >= 0.6 is 0 Å². The summed E-state index contributed by atoms with van der Waals surface area (Å²) in [6.45, 7) is 3.44. The van der Waals surface area contributed by atoms with Crippen molar-refractivity contribution in [3.8, 4) is 0 Å². The molecule has 0 saturated heterocycles. The standard InChI is InChI=1S/C8H12N2O3S/c1-6-5-7(9-13-6)10-14(11,12)8(2)3-4-8/h5H,3-4H2,1-2H3,(H,9,10). The van der Waals surface area contributed by atoms with E-state index >= 15 is 0 Å². The van der Waals surface area contributed by atoms with Gasteiger partial charge in [0.1, 0.15) is 5.76 Å². The summed E-state index contributed by atoms with van der Waals surface area (Å²) in [6, 6.07) is 1.56. The highest BCUT2D eigenvalue weighted by atomic mass is 32.2. The van der Waals surface area contributed by atoms with Gasteiger partial charge in [0.2, 0.25) is 10.0 Å². The van der Waals surface area contributed by atoms with Gasteiger partial charge in [-0.1, -0.05) is 5.16 Å². The number of nitrogens with zero attached hydrogens (tertiary/aromatic N) is 1. The summed E-state index contributed by atoms with van der Waals surface area (Å²) in [6.07, 6.45) is 1.42. The molecule has 0 bridgehead atoms. The summed E-state index contributed by atoms with van der Waals surface area (Å²) in [5.74, 6) is 0.847. The summed E-state index contributed by atoms with van der Waals surface area (Å²) in [7, 11) is -3.30. The molecule has 0 aliphatic heterocycles. The highest BCUT2D eigenvalue weighted by Gasteiger charge is 2.50. The second-order valence-electron chi connectivity index (χ2n) is 3.88. The number of anilines is 1. The molecule has 5 nitrogen and oxygen atoms in total. The Kier molecular flexibility index (Phi) is 1.85. The lowest BCUT2D eigenvalue weighted by atomic mass is 10.5. The van der Waals surface area contributed by atoms with Crippen LogP contribution in [-0.2, 0) is 10.0 Å². The van der Waals surface area contributed by atoms with Gasteiger partial charge in [0.25, 0.3) is 0 Å². The molecule has 1 aromatic rings. The lowest BCUT2D eigenvalue weighted by Gasteiger charge is -2.09. The zero-order valence-electron chi connectivity index (χ0n) is 8.07. The van der Waals surface area contributed by atoms with Crippen molar-refractivity contribution in [3.05, 3.63) is 11.8 Å². The Morgan fingerprint density at radius 1 is 1.57 bits per heavy atom. The van der Waals surface area contributed by atoms with Crippen LogP contribution in [0.3, 0.4) is 0 Å².